The molecule has 0 spiro atoms. The summed E-state index contributed by atoms with van der Waals surface area (Å²) < 4.78 is 39.8. The molecule has 6 nitrogen and oxygen atoms in total. The number of nitrogens with two attached hydrogens (primary N) is 1. The van der Waals surface area contributed by atoms with Crippen LogP contribution >= 0.6 is 0 Å². The predicted octanol–water partition coefficient (Wildman–Crippen LogP) is 1.15. The van der Waals surface area contributed by atoms with Gasteiger partial charge < -0.3 is 5.73 Å². The van der Waals surface area contributed by atoms with E-state index in [0.717, 1.165) is 4.57 Å². The first-order chi connectivity index (χ1) is 12.1. The molecule has 2 N–H and O–H groups in total. The van der Waals surface area contributed by atoms with Crippen molar-refractivity contribution in [3.63, 3.8) is 0 Å². The summed E-state index contributed by atoms with van der Waals surface area (Å²) in [6, 6.07) is 1.00. The number of nitrogen functional groups attached to an aromatic ring is 1. The topological polar surface area (TPSA) is 95.0 Å². The smallest absolute Gasteiger partial charge is 0.264 e. The average Bonchev–Trinajstić information content (AvgIpc) is 2.57. The minimum atomic E-state index is -1.78. The Kier molecular flexibility index (Phi) is 1.99. The molecule has 1 fully saturated rings. The molecule has 0 saturated heterocycles. The number of benzene rings is 1. The maximum Gasteiger partial charge on any atom is 0.264 e. The summed E-state index contributed by atoms with van der Waals surface area (Å²) in [6.07, 6.45) is -3.70. The number of rotatable bonds is 1. The molecular weight excluding hydrogens is 270 g/mol. The van der Waals surface area contributed by atoms with Gasteiger partial charge in [-0.25, -0.2) is 4.98 Å². The first-order valence-electron chi connectivity index (χ1n) is 9.01. The summed E-state index contributed by atoms with van der Waals surface area (Å²) in [5.74, 6) is -1.89. The predicted molar refractivity (Wildman–Crippen MR) is 78.1 cm³/mol. The molecule has 1 saturated carbocycles. The van der Waals surface area contributed by atoms with Gasteiger partial charge in [-0.2, -0.15) is 0 Å². The molecule has 0 bridgehead atoms. The van der Waals surface area contributed by atoms with Crippen LogP contribution in [0.3, 0.4) is 0 Å². The third kappa shape index (κ3) is 2.12. The third-order valence-corrected chi connectivity index (χ3v) is 3.34. The first kappa shape index (κ1) is 8.71. The van der Waals surface area contributed by atoms with E-state index in [-0.39, 0.29) is 22.6 Å². The van der Waals surface area contributed by atoms with Gasteiger partial charge in [0.1, 0.15) is 11.6 Å². The van der Waals surface area contributed by atoms with E-state index in [9.17, 15) is 14.4 Å². The van der Waals surface area contributed by atoms with Crippen molar-refractivity contribution in [1.29, 1.82) is 0 Å². The molecule has 2 aromatic rings. The Balaban J connectivity index is 2.38. The molecule has 1 aliphatic carbocycles. The van der Waals surface area contributed by atoms with Crippen LogP contribution in [0.5, 0.6) is 0 Å². The molecule has 0 radical (unpaired) electrons. The Morgan fingerprint density at radius 3 is 3.10 bits per heavy atom. The molecule has 1 heterocycles. The number of Topliss-reactive ketones (excluding diaryl/α,β-unsaturated/α-hetero) is 2. The van der Waals surface area contributed by atoms with Gasteiger partial charge in [0.2, 0.25) is 0 Å². The number of aromatic nitrogens is 2. The minimum absolute atomic E-state index is 0.00333. The zero-order chi connectivity index (χ0) is 19.3. The van der Waals surface area contributed by atoms with Crippen molar-refractivity contribution in [2.75, 3.05) is 5.73 Å². The van der Waals surface area contributed by atoms with Gasteiger partial charge in [0.15, 0.2) is 5.78 Å². The van der Waals surface area contributed by atoms with Gasteiger partial charge in [-0.3, -0.25) is 19.0 Å². The molecule has 108 valence electrons. The third-order valence-electron chi connectivity index (χ3n) is 3.34. The zero-order valence-electron chi connectivity index (χ0n) is 15.9. The van der Waals surface area contributed by atoms with Gasteiger partial charge in [-0.05, 0) is 25.4 Å². The molecular formula is C15H15N3O3. The standard InChI is InChI=1S/C15H15N3O3/c1-8-17-11-4-2-3-10(16)14(11)15(21)18(8)12-6-5-9(19)7-13(12)20/h2-4,12H,5-7,16H2,1H3/i1D2,4D,5D,6D. The van der Waals surface area contributed by atoms with E-state index in [1.165, 1.54) is 12.1 Å². The molecule has 1 aliphatic rings. The van der Waals surface area contributed by atoms with Crippen molar-refractivity contribution in [3.8, 4) is 0 Å². The van der Waals surface area contributed by atoms with E-state index in [1.54, 1.807) is 0 Å². The van der Waals surface area contributed by atoms with Crippen LogP contribution in [0.4, 0.5) is 5.69 Å². The molecule has 6 heteroatoms. The van der Waals surface area contributed by atoms with E-state index < -0.39 is 55.1 Å². The summed E-state index contributed by atoms with van der Waals surface area (Å²) in [6.45, 7) is -1.78. The Labute approximate surface area is 127 Å². The van der Waals surface area contributed by atoms with Crippen molar-refractivity contribution < 1.29 is 16.4 Å². The van der Waals surface area contributed by atoms with E-state index >= 15 is 0 Å². The van der Waals surface area contributed by atoms with E-state index in [1.807, 2.05) is 0 Å². The summed E-state index contributed by atoms with van der Waals surface area (Å²) in [7, 11) is 0. The number of aryl methyl sites for hydroxylation is 1. The lowest BCUT2D eigenvalue weighted by molar-refractivity contribution is -0.132. The zero-order valence-corrected chi connectivity index (χ0v) is 10.9. The highest BCUT2D eigenvalue weighted by molar-refractivity contribution is 6.03. The van der Waals surface area contributed by atoms with Crippen LogP contribution in [-0.4, -0.2) is 21.1 Å². The number of carbonyl (C=O) groups is 2. The second-order valence-electron chi connectivity index (χ2n) is 4.72. The Hall–Kier alpha value is -2.50. The highest BCUT2D eigenvalue weighted by Crippen LogP contribution is 2.24. The average molecular weight is 290 g/mol. The highest BCUT2D eigenvalue weighted by atomic mass is 16.2. The molecule has 3 unspecified atom stereocenters. The fraction of sp³-hybridized carbons (Fsp3) is 0.333. The maximum absolute atomic E-state index is 13.0. The quantitative estimate of drug-likeness (QED) is 0.628. The molecule has 0 aliphatic heterocycles. The number of hydrogen-bond donors (Lipinski definition) is 1. The van der Waals surface area contributed by atoms with Gasteiger partial charge in [0.05, 0.1) is 24.7 Å². The Morgan fingerprint density at radius 2 is 2.33 bits per heavy atom. The monoisotopic (exact) mass is 290 g/mol. The summed E-state index contributed by atoms with van der Waals surface area (Å²) >= 11 is 0. The molecule has 0 amide bonds. The molecule has 3 rings (SSSR count). The Bertz CT molecular complexity index is 991. The van der Waals surface area contributed by atoms with Crippen LogP contribution in [0, 0.1) is 6.88 Å². The van der Waals surface area contributed by atoms with Gasteiger partial charge in [-0.1, -0.05) is 6.07 Å². The van der Waals surface area contributed by atoms with Crippen LogP contribution in [0.2, 0.25) is 0 Å². The van der Waals surface area contributed by atoms with Crippen molar-refractivity contribution in [2.24, 2.45) is 0 Å². The highest BCUT2D eigenvalue weighted by Gasteiger charge is 2.30. The van der Waals surface area contributed by atoms with E-state index in [4.69, 9.17) is 12.6 Å². The van der Waals surface area contributed by atoms with E-state index in [2.05, 4.69) is 4.98 Å². The molecule has 1 aromatic carbocycles. The number of anilines is 1. The lowest BCUT2D eigenvalue weighted by atomic mass is 9.92. The maximum atomic E-state index is 13.0. The first-order valence-corrected chi connectivity index (χ1v) is 6.20. The SMILES string of the molecule is [2H]c1ccc(N)c2c(=O)n(C3C(=O)CC(=O)C([2H])C3[2H])c(C([2H])[2H])nc12. The fourth-order valence-electron chi connectivity index (χ4n) is 2.35. The fourth-order valence-corrected chi connectivity index (χ4v) is 2.35. The normalized spacial score (nSPS) is 29.8. The van der Waals surface area contributed by atoms with Gasteiger partial charge in [-0.15, -0.1) is 0 Å². The lowest BCUT2D eigenvalue weighted by Crippen LogP contribution is -2.36. The summed E-state index contributed by atoms with van der Waals surface area (Å²) in [5.41, 5.74) is 4.85. The van der Waals surface area contributed by atoms with Gasteiger partial charge in [0.25, 0.3) is 5.56 Å². The van der Waals surface area contributed by atoms with E-state index in [0.29, 0.717) is 0 Å². The summed E-state index contributed by atoms with van der Waals surface area (Å²) in [4.78, 5) is 41.1. The largest absolute Gasteiger partial charge is 0.398 e. The van der Waals surface area contributed by atoms with Crippen molar-refractivity contribution >= 4 is 28.2 Å². The van der Waals surface area contributed by atoms with Crippen molar-refractivity contribution in [1.82, 2.24) is 9.55 Å². The number of fused-ring (bicyclic) bond motifs is 1. The lowest BCUT2D eigenvalue weighted by Gasteiger charge is -2.24. The van der Waals surface area contributed by atoms with Crippen molar-refractivity contribution in [3.05, 3.63) is 34.4 Å². The summed E-state index contributed by atoms with van der Waals surface area (Å²) in [5, 5.41) is -0.152. The van der Waals surface area contributed by atoms with Crippen LogP contribution < -0.4 is 11.3 Å². The molecule has 21 heavy (non-hydrogen) atoms. The second-order valence-corrected chi connectivity index (χ2v) is 4.72. The van der Waals surface area contributed by atoms with Crippen LogP contribution in [0.25, 0.3) is 10.9 Å². The molecule has 3 atom stereocenters. The van der Waals surface area contributed by atoms with Crippen LogP contribution in [-0.2, 0) is 9.59 Å². The number of ketones is 2. The minimum Gasteiger partial charge on any atom is -0.398 e. The molecule has 1 aromatic heterocycles. The van der Waals surface area contributed by atoms with Gasteiger partial charge >= 0.3 is 0 Å². The Morgan fingerprint density at radius 1 is 1.52 bits per heavy atom. The van der Waals surface area contributed by atoms with Crippen LogP contribution in [0.1, 0.15) is 37.9 Å². The van der Waals surface area contributed by atoms with Crippen molar-refractivity contribution in [2.45, 2.75) is 32.1 Å². The number of carbonyl (C=O) groups excluding carboxylic acids is 2. The van der Waals surface area contributed by atoms with Gasteiger partial charge in [0, 0.05) is 17.6 Å². The second kappa shape index (κ2) is 4.80. The van der Waals surface area contributed by atoms with Crippen LogP contribution in [0.15, 0.2) is 23.0 Å². The number of hydrogen-bond acceptors (Lipinski definition) is 5. The number of nitrogens with zero attached hydrogens (tertiary/aromatic N) is 2.